The van der Waals surface area contributed by atoms with Gasteiger partial charge in [0, 0.05) is 15.7 Å². The lowest BCUT2D eigenvalue weighted by Crippen LogP contribution is -2.29. The molecule has 2 aromatic rings. The molecule has 1 aromatic heterocycles. The molecule has 1 fully saturated rings. The molecule has 1 saturated heterocycles. The van der Waals surface area contributed by atoms with E-state index in [1.807, 2.05) is 24.3 Å². The molecule has 6 nitrogen and oxygen atoms in total. The van der Waals surface area contributed by atoms with Crippen molar-refractivity contribution in [3.8, 4) is 11.4 Å². The minimum atomic E-state index is -0.903. The number of hydrogen-bond donors (Lipinski definition) is 2. The number of amides is 1. The molecule has 2 heterocycles. The average Bonchev–Trinajstić information content (AvgIpc) is 3.08. The highest BCUT2D eigenvalue weighted by molar-refractivity contribution is 14.1. The van der Waals surface area contributed by atoms with E-state index in [-0.39, 0.29) is 6.04 Å². The predicted molar refractivity (Wildman–Crippen MR) is 81.2 cm³/mol. The van der Waals surface area contributed by atoms with Crippen LogP contribution >= 0.6 is 22.6 Å². The number of benzene rings is 1. The maximum Gasteiger partial charge on any atom is 0.407 e. The zero-order valence-electron chi connectivity index (χ0n) is 10.6. The molecule has 1 unspecified atom stereocenters. The molecule has 1 aromatic carbocycles. The van der Waals surface area contributed by atoms with E-state index in [9.17, 15) is 4.79 Å². The van der Waals surface area contributed by atoms with Gasteiger partial charge in [0.05, 0.1) is 6.04 Å². The molecule has 1 aliphatic rings. The normalized spacial score (nSPS) is 18.4. The van der Waals surface area contributed by atoms with Crippen LogP contribution in [-0.2, 0) is 0 Å². The highest BCUT2D eigenvalue weighted by Crippen LogP contribution is 2.30. The smallest absolute Gasteiger partial charge is 0.407 e. The van der Waals surface area contributed by atoms with Gasteiger partial charge in [-0.05, 0) is 47.6 Å². The van der Waals surface area contributed by atoms with Crippen molar-refractivity contribution in [2.75, 3.05) is 6.54 Å². The summed E-state index contributed by atoms with van der Waals surface area (Å²) >= 11 is 2.24. The molecule has 1 amide bonds. The van der Waals surface area contributed by atoms with E-state index in [0.717, 1.165) is 22.0 Å². The number of aromatic nitrogens is 3. The minimum absolute atomic E-state index is 0.211. The quantitative estimate of drug-likeness (QED) is 0.781. The average molecular weight is 384 g/mol. The molecule has 0 radical (unpaired) electrons. The first-order valence-electron chi connectivity index (χ1n) is 6.33. The topological polar surface area (TPSA) is 82.1 Å². The fraction of sp³-hybridized carbons (Fsp3) is 0.308. The minimum Gasteiger partial charge on any atom is -0.465 e. The molecule has 0 spiro atoms. The van der Waals surface area contributed by atoms with Gasteiger partial charge in [-0.2, -0.15) is 0 Å². The molecule has 0 bridgehead atoms. The maximum absolute atomic E-state index is 11.2. The summed E-state index contributed by atoms with van der Waals surface area (Å²) < 4.78 is 1.15. The van der Waals surface area contributed by atoms with Crippen LogP contribution in [0.2, 0.25) is 0 Å². The van der Waals surface area contributed by atoms with Crippen LogP contribution in [0.25, 0.3) is 11.4 Å². The summed E-state index contributed by atoms with van der Waals surface area (Å²) in [5.74, 6) is 1.30. The van der Waals surface area contributed by atoms with E-state index in [0.29, 0.717) is 18.2 Å². The van der Waals surface area contributed by atoms with Crippen LogP contribution in [0, 0.1) is 3.57 Å². The lowest BCUT2D eigenvalue weighted by atomic mass is 10.2. The zero-order valence-corrected chi connectivity index (χ0v) is 12.7. The van der Waals surface area contributed by atoms with Crippen molar-refractivity contribution in [2.24, 2.45) is 0 Å². The molecule has 7 heteroatoms. The first-order valence-corrected chi connectivity index (χ1v) is 7.41. The Morgan fingerprint density at radius 1 is 1.35 bits per heavy atom. The SMILES string of the molecule is O=C(O)N1CCCC1c1nnc(-c2ccc(I)cc2)[nH]1. The van der Waals surface area contributed by atoms with Gasteiger partial charge >= 0.3 is 6.09 Å². The molecule has 0 aliphatic carbocycles. The van der Waals surface area contributed by atoms with Crippen LogP contribution in [0.3, 0.4) is 0 Å². The highest BCUT2D eigenvalue weighted by Gasteiger charge is 2.32. The third-order valence-corrected chi connectivity index (χ3v) is 4.16. The molecule has 20 heavy (non-hydrogen) atoms. The number of carboxylic acid groups (broad SMARTS) is 1. The number of likely N-dealkylation sites (tertiary alicyclic amines) is 1. The lowest BCUT2D eigenvalue weighted by Gasteiger charge is -2.18. The maximum atomic E-state index is 11.2. The van der Waals surface area contributed by atoms with Gasteiger partial charge < -0.3 is 10.1 Å². The van der Waals surface area contributed by atoms with Crippen molar-refractivity contribution in [3.63, 3.8) is 0 Å². The van der Waals surface area contributed by atoms with Crippen molar-refractivity contribution >= 4 is 28.7 Å². The number of halogens is 1. The second-order valence-electron chi connectivity index (χ2n) is 4.70. The van der Waals surface area contributed by atoms with Gasteiger partial charge in [-0.3, -0.25) is 4.90 Å². The van der Waals surface area contributed by atoms with Crippen LogP contribution < -0.4 is 0 Å². The van der Waals surface area contributed by atoms with E-state index >= 15 is 0 Å². The Morgan fingerprint density at radius 3 is 2.80 bits per heavy atom. The van der Waals surface area contributed by atoms with Gasteiger partial charge in [0.2, 0.25) is 0 Å². The first-order chi connectivity index (χ1) is 9.65. The fourth-order valence-electron chi connectivity index (χ4n) is 2.44. The number of rotatable bonds is 2. The Balaban J connectivity index is 1.86. The van der Waals surface area contributed by atoms with E-state index in [1.54, 1.807) is 0 Å². The molecule has 0 saturated carbocycles. The second kappa shape index (κ2) is 5.39. The molecule has 3 rings (SSSR count). The highest BCUT2D eigenvalue weighted by atomic mass is 127. The molecule has 1 atom stereocenters. The van der Waals surface area contributed by atoms with E-state index in [4.69, 9.17) is 5.11 Å². The summed E-state index contributed by atoms with van der Waals surface area (Å²) in [6.07, 6.45) is 0.740. The van der Waals surface area contributed by atoms with Crippen molar-refractivity contribution in [3.05, 3.63) is 33.7 Å². The summed E-state index contributed by atoms with van der Waals surface area (Å²) in [6.45, 7) is 0.555. The summed E-state index contributed by atoms with van der Waals surface area (Å²) in [7, 11) is 0. The Morgan fingerprint density at radius 2 is 2.10 bits per heavy atom. The van der Waals surface area contributed by atoms with Crippen LogP contribution in [0.4, 0.5) is 4.79 Å². The van der Waals surface area contributed by atoms with Crippen LogP contribution in [-0.4, -0.2) is 37.8 Å². The number of carbonyl (C=O) groups is 1. The molecular formula is C13H13IN4O2. The fourth-order valence-corrected chi connectivity index (χ4v) is 2.80. The standard InChI is InChI=1S/C13H13IN4O2/c14-9-5-3-8(4-6-9)11-15-12(17-16-11)10-2-1-7-18(10)13(19)20/h3-6,10H,1-2,7H2,(H,19,20)(H,15,16,17). The number of H-pyrrole nitrogens is 1. The van der Waals surface area contributed by atoms with Crippen molar-refractivity contribution in [2.45, 2.75) is 18.9 Å². The van der Waals surface area contributed by atoms with Crippen molar-refractivity contribution < 1.29 is 9.90 Å². The number of aromatic amines is 1. The monoisotopic (exact) mass is 384 g/mol. The van der Waals surface area contributed by atoms with Gasteiger partial charge in [0.15, 0.2) is 11.6 Å². The van der Waals surface area contributed by atoms with Gasteiger partial charge in [-0.15, -0.1) is 10.2 Å². The van der Waals surface area contributed by atoms with Gasteiger partial charge in [-0.1, -0.05) is 12.1 Å². The van der Waals surface area contributed by atoms with E-state index in [1.165, 1.54) is 4.90 Å². The lowest BCUT2D eigenvalue weighted by molar-refractivity contribution is 0.138. The molecule has 104 valence electrons. The number of nitrogens with one attached hydrogen (secondary N) is 1. The number of nitrogens with zero attached hydrogens (tertiary/aromatic N) is 3. The summed E-state index contributed by atoms with van der Waals surface area (Å²) in [4.78, 5) is 15.7. The molecule has 2 N–H and O–H groups in total. The summed E-state index contributed by atoms with van der Waals surface area (Å²) in [6, 6.07) is 7.72. The van der Waals surface area contributed by atoms with E-state index < -0.39 is 6.09 Å². The zero-order chi connectivity index (χ0) is 14.1. The second-order valence-corrected chi connectivity index (χ2v) is 5.95. The van der Waals surface area contributed by atoms with Crippen LogP contribution in [0.1, 0.15) is 24.7 Å². The third-order valence-electron chi connectivity index (χ3n) is 3.44. The van der Waals surface area contributed by atoms with Crippen LogP contribution in [0.5, 0.6) is 0 Å². The van der Waals surface area contributed by atoms with Gasteiger partial charge in [0.1, 0.15) is 0 Å². The Labute approximate surface area is 129 Å². The van der Waals surface area contributed by atoms with Gasteiger partial charge in [-0.25, -0.2) is 4.79 Å². The molecule has 1 aliphatic heterocycles. The first kappa shape index (κ1) is 13.3. The number of hydrogen-bond acceptors (Lipinski definition) is 3. The Bertz CT molecular complexity index is 626. The van der Waals surface area contributed by atoms with E-state index in [2.05, 4.69) is 37.8 Å². The van der Waals surface area contributed by atoms with Crippen LogP contribution in [0.15, 0.2) is 24.3 Å². The Hall–Kier alpha value is -1.64. The largest absolute Gasteiger partial charge is 0.465 e. The van der Waals surface area contributed by atoms with Gasteiger partial charge in [0.25, 0.3) is 0 Å². The molecular weight excluding hydrogens is 371 g/mol. The Kier molecular flexibility index (Phi) is 3.60. The third kappa shape index (κ3) is 2.49. The van der Waals surface area contributed by atoms with Crippen molar-refractivity contribution in [1.29, 1.82) is 0 Å². The predicted octanol–water partition coefficient (Wildman–Crippen LogP) is 2.89. The van der Waals surface area contributed by atoms with Crippen molar-refractivity contribution in [1.82, 2.24) is 20.1 Å². The summed E-state index contributed by atoms with van der Waals surface area (Å²) in [5.41, 5.74) is 0.948. The summed E-state index contributed by atoms with van der Waals surface area (Å²) in [5, 5.41) is 17.4.